The number of nitrogen functional groups attached to an aromatic ring is 2. The second-order valence-electron chi connectivity index (χ2n) is 28.2. The van der Waals surface area contributed by atoms with Gasteiger partial charge >= 0.3 is 51.8 Å². The van der Waals surface area contributed by atoms with E-state index in [9.17, 15) is 62.8 Å². The highest BCUT2D eigenvalue weighted by atomic mass is 32.5. The Kier molecular flexibility index (Phi) is 33.8. The smallest absolute Gasteiger partial charge is 0.387 e. The number of nitrogens with one attached hydrogen (secondary N) is 3. The van der Waals surface area contributed by atoms with Crippen LogP contribution in [0.5, 0.6) is 0 Å². The van der Waals surface area contributed by atoms with Crippen molar-refractivity contribution in [1.82, 2.24) is 57.7 Å². The van der Waals surface area contributed by atoms with E-state index in [1.807, 2.05) is 0 Å². The van der Waals surface area contributed by atoms with Crippen molar-refractivity contribution in [2.24, 2.45) is 0 Å². The van der Waals surface area contributed by atoms with E-state index >= 15 is 4.57 Å². The molecule has 5 saturated heterocycles. The molecule has 5 fully saturated rings. The van der Waals surface area contributed by atoms with E-state index in [2.05, 4.69) is 34.9 Å². The van der Waals surface area contributed by atoms with Crippen molar-refractivity contribution >= 4 is 75.5 Å². The maximum absolute atomic E-state index is 15.1. The minimum Gasteiger partial charge on any atom is -0.387 e. The molecule has 0 aliphatic carbocycles. The van der Waals surface area contributed by atoms with Gasteiger partial charge in [0.05, 0.1) is 105 Å². The number of H-pyrrole nitrogens is 3. The number of imidazole rings is 1. The molecule has 5 aliphatic heterocycles. The number of anilines is 2. The predicted octanol–water partition coefficient (Wildman–Crippen LogP) is -2.21. The molecule has 11 rings (SSSR count). The van der Waals surface area contributed by atoms with Crippen molar-refractivity contribution in [2.45, 2.75) is 164 Å². The van der Waals surface area contributed by atoms with E-state index in [1.54, 1.807) is 13.8 Å². The van der Waals surface area contributed by atoms with E-state index in [0.29, 0.717) is 5.56 Å². The normalized spacial score (nSPS) is 29.2. The first-order valence-corrected chi connectivity index (χ1v) is 46.0. The number of rotatable bonds is 46. The summed E-state index contributed by atoms with van der Waals surface area (Å²) in [6.07, 6.45) is -24.9. The zero-order valence-corrected chi connectivity index (χ0v) is 72.9. The number of hydrogen-bond acceptors (Lipinski definition) is 41. The van der Waals surface area contributed by atoms with Gasteiger partial charge in [0.2, 0.25) is 0 Å². The van der Waals surface area contributed by atoms with Gasteiger partial charge in [0.15, 0.2) is 42.6 Å². The van der Waals surface area contributed by atoms with Crippen LogP contribution in [0.15, 0.2) is 71.0 Å². The molecule has 24 atom stereocenters. The second-order valence-corrected chi connectivity index (χ2v) is 36.6. The summed E-state index contributed by atoms with van der Waals surface area (Å²) >= 11 is 11.4. The Morgan fingerprint density at radius 2 is 0.756 bits per heavy atom. The Morgan fingerprint density at radius 1 is 0.423 bits per heavy atom. The summed E-state index contributed by atoms with van der Waals surface area (Å²) in [4.78, 5) is 164. The molecule has 0 amide bonds. The number of methoxy groups -OCH3 is 5. The molecule has 0 spiro atoms. The van der Waals surface area contributed by atoms with Crippen molar-refractivity contribution < 1.29 is 141 Å². The fraction of sp³-hybridized carbons (Fsp3) is 0.682. The molecule has 123 heavy (non-hydrogen) atoms. The second kappa shape index (κ2) is 42.8. The van der Waals surface area contributed by atoms with Crippen LogP contribution < -0.4 is 50.9 Å². The molecule has 11 heterocycles. The molecule has 6 aromatic rings. The third-order valence-electron chi connectivity index (χ3n) is 19.8. The Bertz CT molecular complexity index is 5260. The predicted molar refractivity (Wildman–Crippen MR) is 425 cm³/mol. The number of phosphoric ester groups is 2. The lowest BCUT2D eigenvalue weighted by Crippen LogP contribution is -2.42. The van der Waals surface area contributed by atoms with Crippen molar-refractivity contribution in [3.05, 3.63) is 133 Å². The van der Waals surface area contributed by atoms with Crippen LogP contribution in [0.4, 0.5) is 11.6 Å². The van der Waals surface area contributed by atoms with E-state index in [-0.39, 0.29) is 112 Å². The number of phosphoric acid groups is 2. The maximum atomic E-state index is 15.1. The van der Waals surface area contributed by atoms with Gasteiger partial charge in [-0.05, 0) is 57.7 Å². The molecule has 686 valence electrons. The lowest BCUT2D eigenvalue weighted by Gasteiger charge is -2.30. The monoisotopic (exact) mass is 1870 g/mol. The number of aromatic nitrogens is 12. The Hall–Kier alpha value is -6.29. The van der Waals surface area contributed by atoms with Gasteiger partial charge in [0, 0.05) is 82.6 Å². The Labute approximate surface area is 707 Å². The SMILES string of the molecule is CC[C@H]1O[C@@H](n2cc(C)c(=O)[nH]c2=O)[C@@H](OCCOC)C1OP(=O)(O)OC[C@H]1O[C@@H](n2cc(C)c(=O)[nH]c2=O)[C@@H](OCCOC)C1OP(=O)(O)OC[C@H]1O[C@@H](n2cnc3c(N)ncnc32)[C@@H](OCCOC)C1OP(O)(=S)OC[C@H]1O[C@@H](n2cc(C)c(=O)[nH]c2=O)[C@@H](OCCOC)C1OP(O)(=S)OC[C@H]1O[C@@H](n2cc(C)c(N)nc2=O)[C@@H](OCCOC)C1O. The summed E-state index contributed by atoms with van der Waals surface area (Å²) in [6, 6.07) is 0. The first-order chi connectivity index (χ1) is 58.5. The lowest BCUT2D eigenvalue weighted by molar-refractivity contribution is -0.0848. The minimum absolute atomic E-state index is 0.00432. The first-order valence-electron chi connectivity index (χ1n) is 37.8. The fourth-order valence-electron chi connectivity index (χ4n) is 13.8. The Balaban J connectivity index is 0.898. The van der Waals surface area contributed by atoms with E-state index < -0.39 is 218 Å². The number of fused-ring (bicyclic) bond motifs is 1. The van der Waals surface area contributed by atoms with E-state index in [0.717, 1.165) is 37.0 Å². The van der Waals surface area contributed by atoms with Crippen LogP contribution in [0.1, 0.15) is 66.7 Å². The molecule has 12 N–H and O–H groups in total. The average molecular weight is 1870 g/mol. The lowest BCUT2D eigenvalue weighted by atomic mass is 10.1. The minimum atomic E-state index is -5.82. The number of hydrogen-bond donors (Lipinski definition) is 10. The summed E-state index contributed by atoms with van der Waals surface area (Å²) in [6.45, 7) is -8.04. The number of nitrogens with two attached hydrogens (primary N) is 2. The fourth-order valence-corrected chi connectivity index (χ4v) is 18.6. The van der Waals surface area contributed by atoms with Gasteiger partial charge in [-0.2, -0.15) is 4.98 Å². The number of ether oxygens (including phenoxy) is 15. The van der Waals surface area contributed by atoms with Crippen molar-refractivity contribution in [3.8, 4) is 0 Å². The molecule has 0 bridgehead atoms. The number of nitrogens with zero attached hydrogens (tertiary/aromatic N) is 9. The zero-order chi connectivity index (χ0) is 89.2. The third-order valence-corrected chi connectivity index (χ3v) is 24.9. The number of aryl methyl sites for hydroxylation is 4. The Morgan fingerprint density at radius 3 is 1.15 bits per heavy atom. The van der Waals surface area contributed by atoms with Gasteiger partial charge in [-0.15, -0.1) is 0 Å². The molecular weight excluding hydrogens is 1770 g/mol. The molecule has 0 aromatic carbocycles. The van der Waals surface area contributed by atoms with Crippen LogP contribution in [-0.2, 0) is 140 Å². The van der Waals surface area contributed by atoms with Crippen LogP contribution >= 0.6 is 29.1 Å². The first kappa shape index (κ1) is 97.3. The van der Waals surface area contributed by atoms with Gasteiger partial charge in [-0.1, -0.05) is 6.92 Å². The average Bonchev–Trinajstić information content (AvgIpc) is 1.61. The van der Waals surface area contributed by atoms with Crippen LogP contribution in [0.3, 0.4) is 0 Å². The summed E-state index contributed by atoms with van der Waals surface area (Å²) < 4.78 is 172. The van der Waals surface area contributed by atoms with Crippen molar-refractivity contribution in [1.29, 1.82) is 0 Å². The molecule has 0 saturated carbocycles. The summed E-state index contributed by atoms with van der Waals surface area (Å²) in [5, 5.41) is 11.7. The third kappa shape index (κ3) is 23.6. The maximum Gasteiger partial charge on any atom is 0.472 e. The van der Waals surface area contributed by atoms with Gasteiger partial charge in [-0.3, -0.25) is 79.3 Å². The molecule has 57 heteroatoms. The van der Waals surface area contributed by atoms with Gasteiger partial charge in [-0.25, -0.2) is 43.3 Å². The van der Waals surface area contributed by atoms with Gasteiger partial charge in [0.25, 0.3) is 16.7 Å². The largest absolute Gasteiger partial charge is 0.472 e. The van der Waals surface area contributed by atoms with Crippen molar-refractivity contribution in [3.63, 3.8) is 0 Å². The summed E-state index contributed by atoms with van der Waals surface area (Å²) in [7, 11) is -4.53. The van der Waals surface area contributed by atoms with E-state index in [1.165, 1.54) is 79.6 Å². The molecule has 9 unspecified atom stereocenters. The van der Waals surface area contributed by atoms with Crippen molar-refractivity contribution in [2.75, 3.05) is 140 Å². The van der Waals surface area contributed by atoms with Gasteiger partial charge in [0.1, 0.15) is 103 Å². The highest BCUT2D eigenvalue weighted by Crippen LogP contribution is 2.56. The number of aromatic amines is 3. The van der Waals surface area contributed by atoms with Crippen LogP contribution in [0, 0.1) is 27.7 Å². The summed E-state index contributed by atoms with van der Waals surface area (Å²) in [5.41, 5.74) is 6.39. The van der Waals surface area contributed by atoms with Crippen LogP contribution in [-0.4, -0.2) is 302 Å². The number of aliphatic hydroxyl groups excluding tert-OH is 1. The van der Waals surface area contributed by atoms with Crippen LogP contribution in [0.2, 0.25) is 0 Å². The van der Waals surface area contributed by atoms with Gasteiger partial charge < -0.3 is 116 Å². The molecule has 0 radical (unpaired) electrons. The molecule has 6 aromatic heterocycles. The highest BCUT2D eigenvalue weighted by molar-refractivity contribution is 8.07. The molecule has 51 nitrogen and oxygen atoms in total. The quantitative estimate of drug-likeness (QED) is 0.0143. The molecule has 5 aliphatic rings. The molecular formula is C66H98N14O37P4S2. The summed E-state index contributed by atoms with van der Waals surface area (Å²) in [5.74, 6) is -0.172. The highest BCUT2D eigenvalue weighted by Gasteiger charge is 2.58. The van der Waals surface area contributed by atoms with E-state index in [4.69, 9.17) is 142 Å². The zero-order valence-electron chi connectivity index (χ0n) is 67.7. The number of aliphatic hydroxyl groups is 1. The van der Waals surface area contributed by atoms with Crippen LogP contribution in [0.25, 0.3) is 11.2 Å². The topological polar surface area (TPSA) is 643 Å². The standard InChI is InChI=1S/C66H98N14O37P4S2/c1-11-36-43(48(101-18-13-96-7)59(109-36)77-23-33(3)55(82)73-64(77)86)114-118(89,90)105-27-38-44(49(102-19-14-97-8)60(111-38)78-24-34(4)56(83)74-65(78)87)115-119(91,92)106-28-39-45(51(104-21-16-99-10)62(113-39)80-31-71-41-53(68)69-30-70-54(41)80)116-121(94,123)108-29-40-46(50(103-20-15-98-9)61(112-40)79-25-35(5)57(84)75-66(79)88)117-120(93,122)107-26-37-42(81)47(100-17-12-95-6)58(110-37)76-22-32(2)52(67)72-63(76)85/h22-25,30-31,36-40,42-51,58-62,81H,11-21,26-29H2,1-10H3,(H,89,90)(H,91,92)(H,93,122)(H,94,123)(H2,67,72,85)(H2,68,69,70)(H,73,82,86)(H,74,83,87)(H,75,84,88)/t36-,37-,38-,39-,40-,42?,43?,44?,45?,46?,47+,48+,49+,50+,51+,58-,59-,60-,61-,62-,120?,121?/m1/s1.